The topological polar surface area (TPSA) is 89.7 Å². The van der Waals surface area contributed by atoms with Crippen LogP contribution in [-0.2, 0) is 15.7 Å². The monoisotopic (exact) mass is 461 g/mol. The number of fused-ring (bicyclic) bond motifs is 1. The maximum Gasteiger partial charge on any atom is 0.453 e. The van der Waals surface area contributed by atoms with E-state index in [-0.39, 0.29) is 18.0 Å². The Kier molecular flexibility index (Phi) is 6.05. The number of nitrogens with zero attached hydrogens (tertiary/aromatic N) is 5. The number of Topliss-reactive ketones (excluding diaryl/α,β-unsaturated/α-hetero) is 1. The third-order valence-electron chi connectivity index (χ3n) is 5.69. The summed E-state index contributed by atoms with van der Waals surface area (Å²) in [5.74, 6) is -1.95. The molecule has 4 rings (SSSR count). The Balaban J connectivity index is 1.35. The number of anilines is 1. The summed E-state index contributed by atoms with van der Waals surface area (Å²) in [6.07, 6.45) is -3.80. The number of benzene rings is 1. The van der Waals surface area contributed by atoms with Gasteiger partial charge in [-0.1, -0.05) is 17.7 Å². The number of aryl methyl sites for hydroxylation is 2. The number of ether oxygens (including phenoxy) is 1. The van der Waals surface area contributed by atoms with Gasteiger partial charge in [0, 0.05) is 18.7 Å². The molecule has 3 heterocycles. The first kappa shape index (κ1) is 22.7. The van der Waals surface area contributed by atoms with Crippen molar-refractivity contribution in [1.29, 1.82) is 0 Å². The van der Waals surface area contributed by atoms with E-state index in [0.717, 1.165) is 11.1 Å². The van der Waals surface area contributed by atoms with Crippen molar-refractivity contribution < 1.29 is 27.5 Å². The maximum atomic E-state index is 13.1. The predicted octanol–water partition coefficient (Wildman–Crippen LogP) is 3.40. The van der Waals surface area contributed by atoms with Crippen molar-refractivity contribution in [2.24, 2.45) is 5.92 Å². The van der Waals surface area contributed by atoms with E-state index < -0.39 is 23.9 Å². The molecule has 0 aliphatic carbocycles. The Bertz CT molecular complexity index is 1200. The minimum atomic E-state index is -4.67. The van der Waals surface area contributed by atoms with Gasteiger partial charge in [-0.25, -0.2) is 0 Å². The highest BCUT2D eigenvalue weighted by atomic mass is 19.4. The van der Waals surface area contributed by atoms with Crippen molar-refractivity contribution in [2.45, 2.75) is 32.9 Å². The van der Waals surface area contributed by atoms with Crippen LogP contribution >= 0.6 is 0 Å². The molecule has 0 unspecified atom stereocenters. The first-order valence-corrected chi connectivity index (χ1v) is 10.4. The molecule has 0 saturated carbocycles. The summed E-state index contributed by atoms with van der Waals surface area (Å²) in [4.78, 5) is 26.7. The number of piperidine rings is 1. The Morgan fingerprint density at radius 1 is 1.09 bits per heavy atom. The van der Waals surface area contributed by atoms with E-state index in [9.17, 15) is 22.8 Å². The molecule has 1 aliphatic heterocycles. The Labute approximate surface area is 187 Å². The van der Waals surface area contributed by atoms with Gasteiger partial charge in [-0.3, -0.25) is 9.59 Å². The third-order valence-corrected chi connectivity index (χ3v) is 5.69. The van der Waals surface area contributed by atoms with Crippen LogP contribution < -0.4 is 4.90 Å². The molecule has 1 aliphatic rings. The van der Waals surface area contributed by atoms with Crippen molar-refractivity contribution in [3.63, 3.8) is 0 Å². The molecule has 1 saturated heterocycles. The third kappa shape index (κ3) is 4.81. The van der Waals surface area contributed by atoms with E-state index >= 15 is 0 Å². The lowest BCUT2D eigenvalue weighted by atomic mass is 9.97. The zero-order chi connectivity index (χ0) is 23.8. The number of carbonyl (C=O) groups excluding carboxylic acids is 2. The molecule has 33 heavy (non-hydrogen) atoms. The molecule has 1 fully saturated rings. The van der Waals surface area contributed by atoms with Crippen LogP contribution in [0.2, 0.25) is 0 Å². The first-order chi connectivity index (χ1) is 15.6. The zero-order valence-electron chi connectivity index (χ0n) is 18.1. The number of hydrogen-bond donors (Lipinski definition) is 0. The summed E-state index contributed by atoms with van der Waals surface area (Å²) in [6.45, 7) is 4.21. The van der Waals surface area contributed by atoms with Gasteiger partial charge in [-0.2, -0.15) is 17.7 Å². The second kappa shape index (κ2) is 8.80. The van der Waals surface area contributed by atoms with Crippen LogP contribution in [0, 0.1) is 19.8 Å². The van der Waals surface area contributed by atoms with Gasteiger partial charge in [-0.05, 0) is 50.5 Å². The summed E-state index contributed by atoms with van der Waals surface area (Å²) >= 11 is 0. The molecule has 2 aromatic heterocycles. The lowest BCUT2D eigenvalue weighted by Crippen LogP contribution is -2.38. The minimum Gasteiger partial charge on any atom is -0.457 e. The van der Waals surface area contributed by atoms with Crippen LogP contribution in [0.25, 0.3) is 5.65 Å². The number of halogens is 3. The number of rotatable bonds is 5. The van der Waals surface area contributed by atoms with Gasteiger partial charge in [-0.15, -0.1) is 15.3 Å². The largest absolute Gasteiger partial charge is 0.457 e. The number of ketones is 1. The second-order valence-corrected chi connectivity index (χ2v) is 8.09. The molecule has 0 N–H and O–H groups in total. The fourth-order valence-corrected chi connectivity index (χ4v) is 3.84. The van der Waals surface area contributed by atoms with Gasteiger partial charge in [0.1, 0.15) is 5.82 Å². The van der Waals surface area contributed by atoms with Crippen molar-refractivity contribution in [3.8, 4) is 0 Å². The van der Waals surface area contributed by atoms with Gasteiger partial charge in [0.25, 0.3) is 5.82 Å². The Hall–Kier alpha value is -3.50. The second-order valence-electron chi connectivity index (χ2n) is 8.09. The average Bonchev–Trinajstić information content (AvgIpc) is 3.23. The summed E-state index contributed by atoms with van der Waals surface area (Å²) in [7, 11) is 0. The molecular formula is C22H22F3N5O3. The lowest BCUT2D eigenvalue weighted by molar-refractivity contribution is -0.148. The lowest BCUT2D eigenvalue weighted by Gasteiger charge is -2.31. The van der Waals surface area contributed by atoms with Crippen LogP contribution in [0.15, 0.2) is 30.3 Å². The highest BCUT2D eigenvalue weighted by Gasteiger charge is 2.38. The van der Waals surface area contributed by atoms with Gasteiger partial charge in [0.05, 0.1) is 5.92 Å². The highest BCUT2D eigenvalue weighted by Crippen LogP contribution is 2.29. The van der Waals surface area contributed by atoms with E-state index in [1.54, 1.807) is 17.0 Å². The van der Waals surface area contributed by atoms with Crippen molar-refractivity contribution in [1.82, 2.24) is 19.8 Å². The number of hydrogen-bond acceptors (Lipinski definition) is 7. The van der Waals surface area contributed by atoms with Crippen LogP contribution in [0.5, 0.6) is 0 Å². The zero-order valence-corrected chi connectivity index (χ0v) is 18.1. The standard InChI is InChI=1S/C22H22F3N5O3/c1-13-3-4-14(2)16(11-13)17(31)12-33-20(32)15-7-9-29(10-8-15)19-6-5-18-26-27-21(22(23,24)25)30(18)28-19/h3-6,11,15H,7-10,12H2,1-2H3. The number of aromatic nitrogens is 4. The minimum absolute atomic E-state index is 0.00180. The normalized spacial score (nSPS) is 15.1. The molecule has 8 nitrogen and oxygen atoms in total. The van der Waals surface area contributed by atoms with E-state index in [0.29, 0.717) is 41.8 Å². The number of carbonyl (C=O) groups is 2. The molecule has 3 aromatic rings. The quantitative estimate of drug-likeness (QED) is 0.425. The molecule has 174 valence electrons. The molecule has 11 heteroatoms. The van der Waals surface area contributed by atoms with Crippen molar-refractivity contribution in [3.05, 3.63) is 52.8 Å². The highest BCUT2D eigenvalue weighted by molar-refractivity contribution is 5.99. The van der Waals surface area contributed by atoms with Gasteiger partial charge in [0.15, 0.2) is 12.3 Å². The van der Waals surface area contributed by atoms with Crippen LogP contribution in [-0.4, -0.2) is 51.3 Å². The first-order valence-electron chi connectivity index (χ1n) is 10.4. The summed E-state index contributed by atoms with van der Waals surface area (Å²) in [5.41, 5.74) is 2.30. The van der Waals surface area contributed by atoms with Gasteiger partial charge >= 0.3 is 12.1 Å². The SMILES string of the molecule is Cc1ccc(C)c(C(=O)COC(=O)C2CCN(c3ccc4nnc(C(F)(F)F)n4n3)CC2)c1. The molecule has 0 spiro atoms. The van der Waals surface area contributed by atoms with E-state index in [4.69, 9.17) is 4.74 Å². The van der Waals surface area contributed by atoms with Crippen LogP contribution in [0.3, 0.4) is 0 Å². The molecule has 0 atom stereocenters. The fraction of sp³-hybridized carbons (Fsp3) is 0.409. The maximum absolute atomic E-state index is 13.1. The number of esters is 1. The summed E-state index contributed by atoms with van der Waals surface area (Å²) in [5, 5.41) is 10.7. The Morgan fingerprint density at radius 3 is 2.52 bits per heavy atom. The molecule has 0 bridgehead atoms. The number of alkyl halides is 3. The molecule has 0 radical (unpaired) electrons. The van der Waals surface area contributed by atoms with Crippen molar-refractivity contribution >= 4 is 23.2 Å². The summed E-state index contributed by atoms with van der Waals surface area (Å²) in [6, 6.07) is 8.53. The molecule has 1 aromatic carbocycles. The van der Waals surface area contributed by atoms with E-state index in [1.807, 2.05) is 26.0 Å². The fourth-order valence-electron chi connectivity index (χ4n) is 3.84. The Morgan fingerprint density at radius 2 is 1.82 bits per heavy atom. The van der Waals surface area contributed by atoms with E-state index in [1.165, 1.54) is 6.07 Å². The van der Waals surface area contributed by atoms with Gasteiger partial charge < -0.3 is 9.64 Å². The average molecular weight is 461 g/mol. The smallest absolute Gasteiger partial charge is 0.453 e. The predicted molar refractivity (Wildman–Crippen MR) is 112 cm³/mol. The van der Waals surface area contributed by atoms with Crippen LogP contribution in [0.4, 0.5) is 19.0 Å². The molecule has 0 amide bonds. The van der Waals surface area contributed by atoms with Gasteiger partial charge in [0.2, 0.25) is 5.78 Å². The van der Waals surface area contributed by atoms with Crippen LogP contribution in [0.1, 0.15) is 40.2 Å². The summed E-state index contributed by atoms with van der Waals surface area (Å²) < 4.78 is 45.2. The molecular weight excluding hydrogens is 439 g/mol. The van der Waals surface area contributed by atoms with Crippen molar-refractivity contribution in [2.75, 3.05) is 24.6 Å². The van der Waals surface area contributed by atoms with E-state index in [2.05, 4.69) is 15.3 Å².